The van der Waals surface area contributed by atoms with E-state index in [1.165, 1.54) is 116 Å². The summed E-state index contributed by atoms with van der Waals surface area (Å²) in [6.07, 6.45) is 20.2. The number of carbonyl (C=O) groups excluding carboxylic acids is 2. The average molecular weight is 649 g/mol. The van der Waals surface area contributed by atoms with E-state index >= 15 is 0 Å². The number of rotatable bonds is 24. The van der Waals surface area contributed by atoms with Crippen LogP contribution in [0.4, 0.5) is 5.69 Å². The minimum absolute atomic E-state index is 0.00262. The highest BCUT2D eigenvalue weighted by atomic mass is 35.5. The molecule has 2 aromatic carbocycles. The summed E-state index contributed by atoms with van der Waals surface area (Å²) in [4.78, 5) is 25.6. The number of hydrogen-bond acceptors (Lipinski definition) is 5. The van der Waals surface area contributed by atoms with E-state index in [2.05, 4.69) is 17.0 Å². The Morgan fingerprint density at radius 2 is 1.27 bits per heavy atom. The van der Waals surface area contributed by atoms with Gasteiger partial charge in [-0.25, -0.2) is 13.1 Å². The summed E-state index contributed by atoms with van der Waals surface area (Å²) in [6, 6.07) is 10.6. The number of ether oxygens (including phenoxy) is 1. The Kier molecular flexibility index (Phi) is 18.3. The van der Waals surface area contributed by atoms with Gasteiger partial charge in [0.25, 0.3) is 0 Å². The normalized spacial score (nSPS) is 12.2. The zero-order valence-corrected chi connectivity index (χ0v) is 28.5. The summed E-state index contributed by atoms with van der Waals surface area (Å²) in [6.45, 7) is 4.10. The van der Waals surface area contributed by atoms with E-state index in [1.54, 1.807) is 24.3 Å². The Morgan fingerprint density at radius 1 is 0.773 bits per heavy atom. The molecule has 0 bridgehead atoms. The van der Waals surface area contributed by atoms with Crippen LogP contribution < -0.4 is 14.8 Å². The van der Waals surface area contributed by atoms with Crippen LogP contribution in [0, 0.1) is 5.92 Å². The molecule has 2 N–H and O–H groups in total. The number of anilines is 1. The van der Waals surface area contributed by atoms with Crippen LogP contribution in [0.3, 0.4) is 0 Å². The third-order valence-electron chi connectivity index (χ3n) is 7.99. The van der Waals surface area contributed by atoms with Crippen molar-refractivity contribution in [1.82, 2.24) is 4.72 Å². The van der Waals surface area contributed by atoms with E-state index in [9.17, 15) is 18.0 Å². The van der Waals surface area contributed by atoms with Gasteiger partial charge in [-0.15, -0.1) is 0 Å². The minimum atomic E-state index is -3.78. The quantitative estimate of drug-likeness (QED) is 0.0671. The lowest BCUT2D eigenvalue weighted by Crippen LogP contribution is -2.28. The van der Waals surface area contributed by atoms with Crippen molar-refractivity contribution in [3.8, 4) is 5.75 Å². The molecule has 44 heavy (non-hydrogen) atoms. The monoisotopic (exact) mass is 648 g/mol. The molecule has 246 valence electrons. The molecule has 0 saturated heterocycles. The minimum Gasteiger partial charge on any atom is -0.497 e. The molecule has 1 atom stereocenters. The molecule has 0 spiro atoms. The van der Waals surface area contributed by atoms with Crippen molar-refractivity contribution in [2.45, 2.75) is 121 Å². The van der Waals surface area contributed by atoms with Crippen molar-refractivity contribution in [2.24, 2.45) is 5.92 Å². The summed E-state index contributed by atoms with van der Waals surface area (Å²) >= 11 is 6.25. The van der Waals surface area contributed by atoms with Crippen molar-refractivity contribution in [2.75, 3.05) is 19.0 Å². The molecule has 0 fully saturated rings. The fourth-order valence-corrected chi connectivity index (χ4v) is 6.36. The summed E-state index contributed by atoms with van der Waals surface area (Å²) in [5, 5.41) is 2.79. The molecule has 0 aliphatic carbocycles. The lowest BCUT2D eigenvalue weighted by atomic mass is 9.98. The van der Waals surface area contributed by atoms with Gasteiger partial charge in [0.15, 0.2) is 5.78 Å². The number of ketones is 1. The van der Waals surface area contributed by atoms with Gasteiger partial charge in [0.1, 0.15) is 5.75 Å². The molecule has 1 unspecified atom stereocenters. The maximum Gasteiger partial charge on any atom is 0.240 e. The van der Waals surface area contributed by atoms with Crippen LogP contribution in [0.2, 0.25) is 5.02 Å². The fraction of sp³-hybridized carbons (Fsp3) is 0.600. The second kappa shape index (κ2) is 21.3. The van der Waals surface area contributed by atoms with Gasteiger partial charge < -0.3 is 10.1 Å². The summed E-state index contributed by atoms with van der Waals surface area (Å²) in [5.41, 5.74) is 0.505. The topological polar surface area (TPSA) is 102 Å². The van der Waals surface area contributed by atoms with Crippen molar-refractivity contribution < 1.29 is 22.7 Å². The number of halogens is 1. The van der Waals surface area contributed by atoms with Crippen molar-refractivity contribution >= 4 is 39.0 Å². The maximum atomic E-state index is 12.9. The van der Waals surface area contributed by atoms with Crippen LogP contribution in [0.15, 0.2) is 47.4 Å². The smallest absolute Gasteiger partial charge is 0.240 e. The summed E-state index contributed by atoms with van der Waals surface area (Å²) < 4.78 is 33.5. The molecule has 0 heterocycles. The largest absolute Gasteiger partial charge is 0.497 e. The number of benzene rings is 2. The van der Waals surface area contributed by atoms with E-state index in [0.717, 1.165) is 19.3 Å². The zero-order chi connectivity index (χ0) is 32.2. The number of nitrogens with one attached hydrogen (secondary N) is 2. The van der Waals surface area contributed by atoms with Gasteiger partial charge in [-0.2, -0.15) is 0 Å². The Hall–Kier alpha value is -2.42. The highest BCUT2D eigenvalue weighted by molar-refractivity contribution is 7.89. The van der Waals surface area contributed by atoms with Crippen LogP contribution in [-0.2, 0) is 14.8 Å². The first kappa shape index (κ1) is 37.8. The molecule has 0 aliphatic rings. The van der Waals surface area contributed by atoms with Gasteiger partial charge in [-0.3, -0.25) is 9.59 Å². The van der Waals surface area contributed by atoms with Gasteiger partial charge in [0, 0.05) is 12.1 Å². The van der Waals surface area contributed by atoms with Crippen molar-refractivity contribution in [3.05, 3.63) is 53.1 Å². The molecule has 9 heteroatoms. The predicted molar refractivity (Wildman–Crippen MR) is 181 cm³/mol. The van der Waals surface area contributed by atoms with E-state index in [4.69, 9.17) is 16.3 Å². The molecule has 7 nitrogen and oxygen atoms in total. The average Bonchev–Trinajstić information content (AvgIpc) is 3.02. The first-order chi connectivity index (χ1) is 21.2. The molecular formula is C35H53ClN2O5S. The molecule has 0 radical (unpaired) electrons. The number of sulfonamides is 1. The van der Waals surface area contributed by atoms with Gasteiger partial charge in [0.2, 0.25) is 15.9 Å². The van der Waals surface area contributed by atoms with E-state index in [1.807, 2.05) is 0 Å². The number of methoxy groups -OCH3 is 1. The molecule has 0 aromatic heterocycles. The Morgan fingerprint density at radius 3 is 1.77 bits per heavy atom. The molecular weight excluding hydrogens is 596 g/mol. The van der Waals surface area contributed by atoms with Gasteiger partial charge in [-0.1, -0.05) is 115 Å². The third-order valence-corrected chi connectivity index (χ3v) is 9.78. The Labute approximate surface area is 270 Å². The number of amides is 1. The summed E-state index contributed by atoms with van der Waals surface area (Å²) in [7, 11) is -2.25. The van der Waals surface area contributed by atoms with Crippen LogP contribution in [0.1, 0.15) is 127 Å². The SMILES string of the molecule is CCCCCCCCCCCCCCCCCCNS(=O)(=O)c1ccc(Cl)c(NC(=O)C(C)C(=O)c2ccc(OC)cc2)c1. The molecule has 0 saturated carbocycles. The zero-order valence-electron chi connectivity index (χ0n) is 27.0. The standard InChI is InChI=1S/C35H53ClN2O5S/c1-4-5-6-7-8-9-10-11-12-13-14-15-16-17-18-19-26-37-44(41,42)31-24-25-32(36)33(27-31)38-35(40)28(2)34(39)29-20-22-30(43-3)23-21-29/h20-25,27-28,37H,4-19,26H2,1-3H3,(H,38,40). The third kappa shape index (κ3) is 14.1. The second-order valence-corrected chi connectivity index (χ2v) is 13.8. The maximum absolute atomic E-state index is 12.9. The predicted octanol–water partition coefficient (Wildman–Crippen LogP) is 9.35. The number of carbonyl (C=O) groups is 2. The van der Waals surface area contributed by atoms with Gasteiger partial charge >= 0.3 is 0 Å². The van der Waals surface area contributed by atoms with Crippen molar-refractivity contribution in [3.63, 3.8) is 0 Å². The number of unbranched alkanes of at least 4 members (excludes halogenated alkanes) is 15. The molecule has 1 amide bonds. The first-order valence-electron chi connectivity index (χ1n) is 16.5. The Balaban J connectivity index is 1.66. The first-order valence-corrected chi connectivity index (χ1v) is 18.3. The second-order valence-electron chi connectivity index (χ2n) is 11.6. The lowest BCUT2D eigenvalue weighted by molar-refractivity contribution is -0.118. The van der Waals surface area contributed by atoms with Crippen LogP contribution >= 0.6 is 11.6 Å². The van der Waals surface area contributed by atoms with Crippen LogP contribution in [0.25, 0.3) is 0 Å². The van der Waals surface area contributed by atoms with Crippen LogP contribution in [0.5, 0.6) is 5.75 Å². The highest BCUT2D eigenvalue weighted by Crippen LogP contribution is 2.26. The Bertz CT molecular complexity index is 1230. The number of Topliss-reactive ketones (excluding diaryl/α,β-unsaturated/α-hetero) is 1. The van der Waals surface area contributed by atoms with Crippen LogP contribution in [-0.4, -0.2) is 33.8 Å². The molecule has 0 aliphatic heterocycles. The summed E-state index contributed by atoms with van der Waals surface area (Å²) in [5.74, 6) is -1.35. The lowest BCUT2D eigenvalue weighted by Gasteiger charge is -2.14. The van der Waals surface area contributed by atoms with Crippen molar-refractivity contribution in [1.29, 1.82) is 0 Å². The van der Waals surface area contributed by atoms with E-state index in [-0.39, 0.29) is 21.4 Å². The van der Waals surface area contributed by atoms with Gasteiger partial charge in [-0.05, 0) is 55.8 Å². The number of hydrogen-bond donors (Lipinski definition) is 2. The highest BCUT2D eigenvalue weighted by Gasteiger charge is 2.24. The fourth-order valence-electron chi connectivity index (χ4n) is 5.10. The van der Waals surface area contributed by atoms with E-state index < -0.39 is 21.8 Å². The van der Waals surface area contributed by atoms with E-state index in [0.29, 0.717) is 17.9 Å². The molecule has 2 rings (SSSR count). The molecule has 2 aromatic rings. The van der Waals surface area contributed by atoms with Gasteiger partial charge in [0.05, 0.1) is 28.6 Å².